The number of carbonyl (C=O) groups excluding carboxylic acids is 1. The molecule has 2 aromatic rings. The van der Waals surface area contributed by atoms with Crippen molar-refractivity contribution in [1.29, 1.82) is 0 Å². The van der Waals surface area contributed by atoms with Crippen molar-refractivity contribution in [2.75, 3.05) is 23.7 Å². The van der Waals surface area contributed by atoms with Crippen molar-refractivity contribution >= 4 is 29.5 Å². The number of hydrogen-bond acceptors (Lipinski definition) is 4. The first-order valence-corrected chi connectivity index (χ1v) is 11.1. The molecule has 0 aromatic heterocycles. The number of rotatable bonds is 6. The Morgan fingerprint density at radius 3 is 2.21 bits per heavy atom. The summed E-state index contributed by atoms with van der Waals surface area (Å²) in [5.41, 5.74) is 2.82. The average Bonchev–Trinajstić information content (AvgIpc) is 2.70. The molecule has 0 saturated carbocycles. The van der Waals surface area contributed by atoms with Crippen LogP contribution in [0.5, 0.6) is 0 Å². The van der Waals surface area contributed by atoms with Crippen LogP contribution < -0.4 is 10.6 Å². The zero-order valence-corrected chi connectivity index (χ0v) is 19.7. The first kappa shape index (κ1) is 24.5. The minimum absolute atomic E-state index is 0.0404. The summed E-state index contributed by atoms with van der Waals surface area (Å²) in [4.78, 5) is 26.0. The summed E-state index contributed by atoms with van der Waals surface area (Å²) >= 11 is 0. The molecule has 0 bridgehead atoms. The van der Waals surface area contributed by atoms with Crippen molar-refractivity contribution in [3.63, 3.8) is 0 Å². The summed E-state index contributed by atoms with van der Waals surface area (Å²) in [5, 5.41) is 24.2. The average molecular weight is 452 g/mol. The summed E-state index contributed by atoms with van der Waals surface area (Å²) in [6.07, 6.45) is 2.84. The summed E-state index contributed by atoms with van der Waals surface area (Å²) in [6, 6.07) is 14.0. The molecule has 7 heteroatoms. The van der Waals surface area contributed by atoms with Crippen molar-refractivity contribution in [1.82, 2.24) is 4.90 Å². The highest BCUT2D eigenvalue weighted by molar-refractivity contribution is 6.06. The van der Waals surface area contributed by atoms with E-state index >= 15 is 0 Å². The van der Waals surface area contributed by atoms with Crippen molar-refractivity contribution in [2.45, 2.75) is 51.7 Å². The number of piperidine rings is 1. The lowest BCUT2D eigenvalue weighted by Crippen LogP contribution is -2.53. The second-order valence-corrected chi connectivity index (χ2v) is 9.83. The van der Waals surface area contributed by atoms with Gasteiger partial charge in [-0.3, -0.25) is 15.0 Å². The van der Waals surface area contributed by atoms with E-state index in [2.05, 4.69) is 35.5 Å². The number of nitrogens with one attached hydrogen (secondary N) is 2. The molecule has 0 unspecified atom stereocenters. The fraction of sp³-hybridized carbons (Fsp3) is 0.385. The predicted octanol–water partition coefficient (Wildman–Crippen LogP) is 5.06. The third-order valence-corrected chi connectivity index (χ3v) is 5.76. The van der Waals surface area contributed by atoms with Crippen LogP contribution in [0.25, 0.3) is 6.08 Å². The lowest BCUT2D eigenvalue weighted by atomic mass is 9.85. The van der Waals surface area contributed by atoms with Gasteiger partial charge in [-0.05, 0) is 70.4 Å². The number of amides is 2. The molecule has 33 heavy (non-hydrogen) atoms. The fourth-order valence-electron chi connectivity index (χ4n) is 4.20. The maximum atomic E-state index is 12.7. The van der Waals surface area contributed by atoms with E-state index in [-0.39, 0.29) is 11.4 Å². The Balaban J connectivity index is 1.67. The van der Waals surface area contributed by atoms with Gasteiger partial charge in [0.1, 0.15) is 0 Å². The smallest absolute Gasteiger partial charge is 0.409 e. The van der Waals surface area contributed by atoms with Crippen LogP contribution in [0.1, 0.15) is 56.5 Å². The second-order valence-electron chi connectivity index (χ2n) is 9.83. The SMILES string of the molecule is CC(C)(O)CN1CCC(=Cc2ccc(C(=O)Nc3ccccc3NC(=O)O)cc2)CC1(C)C. The monoisotopic (exact) mass is 451 g/mol. The van der Waals surface area contributed by atoms with E-state index < -0.39 is 11.7 Å². The predicted molar refractivity (Wildman–Crippen MR) is 132 cm³/mol. The number of β-amino-alcohol motifs (C(OH)–C–C–N with tert-alkyl or cyclic N) is 1. The number of para-hydroxylation sites is 2. The lowest BCUT2D eigenvalue weighted by Gasteiger charge is -2.45. The molecule has 2 amide bonds. The highest BCUT2D eigenvalue weighted by atomic mass is 16.4. The van der Waals surface area contributed by atoms with Crippen LogP contribution in [0.15, 0.2) is 54.1 Å². The van der Waals surface area contributed by atoms with Gasteiger partial charge in [-0.2, -0.15) is 0 Å². The third-order valence-electron chi connectivity index (χ3n) is 5.76. The molecule has 1 aliphatic rings. The van der Waals surface area contributed by atoms with Gasteiger partial charge in [-0.25, -0.2) is 4.79 Å². The quantitative estimate of drug-likeness (QED) is 0.492. The molecule has 1 fully saturated rings. The summed E-state index contributed by atoms with van der Waals surface area (Å²) in [6.45, 7) is 9.63. The van der Waals surface area contributed by atoms with Gasteiger partial charge in [0.2, 0.25) is 0 Å². The van der Waals surface area contributed by atoms with Gasteiger partial charge in [0.15, 0.2) is 0 Å². The molecule has 176 valence electrons. The molecule has 3 rings (SSSR count). The Labute approximate surface area is 195 Å². The van der Waals surface area contributed by atoms with Crippen LogP contribution in [0.3, 0.4) is 0 Å². The largest absolute Gasteiger partial charge is 0.465 e. The topological polar surface area (TPSA) is 102 Å². The van der Waals surface area contributed by atoms with Gasteiger partial charge in [0.25, 0.3) is 5.91 Å². The molecule has 0 spiro atoms. The van der Waals surface area contributed by atoms with Crippen LogP contribution in [0, 0.1) is 0 Å². The first-order valence-electron chi connectivity index (χ1n) is 11.1. The number of carboxylic acid groups (broad SMARTS) is 1. The van der Waals surface area contributed by atoms with Crippen LogP contribution in [0.2, 0.25) is 0 Å². The van der Waals surface area contributed by atoms with Crippen LogP contribution in [0.4, 0.5) is 16.2 Å². The van der Waals surface area contributed by atoms with E-state index in [1.165, 1.54) is 5.57 Å². The molecule has 2 aromatic carbocycles. The van der Waals surface area contributed by atoms with Gasteiger partial charge in [0.05, 0.1) is 17.0 Å². The molecule has 0 aliphatic carbocycles. The van der Waals surface area contributed by atoms with Crippen LogP contribution >= 0.6 is 0 Å². The molecule has 1 aliphatic heterocycles. The van der Waals surface area contributed by atoms with Crippen LogP contribution in [-0.4, -0.2) is 51.3 Å². The number of aliphatic hydroxyl groups is 1. The number of nitrogens with zero attached hydrogens (tertiary/aromatic N) is 1. The third kappa shape index (κ3) is 6.91. The number of hydrogen-bond donors (Lipinski definition) is 4. The van der Waals surface area contributed by atoms with E-state index in [1.54, 1.807) is 36.4 Å². The Bertz CT molecular complexity index is 1040. The van der Waals surface area contributed by atoms with Crippen molar-refractivity contribution in [2.24, 2.45) is 0 Å². The van der Waals surface area contributed by atoms with Gasteiger partial charge in [-0.15, -0.1) is 0 Å². The zero-order valence-electron chi connectivity index (χ0n) is 19.7. The van der Waals surface area contributed by atoms with Gasteiger partial charge in [-0.1, -0.05) is 35.9 Å². The standard InChI is InChI=1S/C26H33N3O4/c1-25(2)16-19(13-14-29(25)17-26(3,4)33)15-18-9-11-20(12-10-18)23(30)27-21-7-5-6-8-22(21)28-24(31)32/h5-12,15,28,33H,13-14,16-17H2,1-4H3,(H,27,30)(H,31,32). The Morgan fingerprint density at radius 2 is 1.67 bits per heavy atom. The van der Waals surface area contributed by atoms with Gasteiger partial charge in [0, 0.05) is 24.2 Å². The first-order chi connectivity index (χ1) is 15.4. The number of carbonyl (C=O) groups is 2. The van der Waals surface area contributed by atoms with E-state index in [1.807, 2.05) is 26.0 Å². The van der Waals surface area contributed by atoms with E-state index in [9.17, 15) is 14.7 Å². The highest BCUT2D eigenvalue weighted by Gasteiger charge is 2.34. The Kier molecular flexibility index (Phi) is 7.25. The summed E-state index contributed by atoms with van der Waals surface area (Å²) < 4.78 is 0. The molecular formula is C26H33N3O4. The van der Waals surface area contributed by atoms with Gasteiger partial charge < -0.3 is 15.5 Å². The fourth-order valence-corrected chi connectivity index (χ4v) is 4.20. The zero-order chi connectivity index (χ0) is 24.2. The van der Waals surface area contributed by atoms with E-state index in [0.29, 0.717) is 23.5 Å². The molecule has 0 radical (unpaired) electrons. The van der Waals surface area contributed by atoms with Crippen molar-refractivity contribution in [3.05, 3.63) is 65.2 Å². The van der Waals surface area contributed by atoms with E-state index in [4.69, 9.17) is 5.11 Å². The number of likely N-dealkylation sites (tertiary alicyclic amines) is 1. The minimum atomic E-state index is -1.19. The maximum absolute atomic E-state index is 12.7. The Morgan fingerprint density at radius 1 is 1.06 bits per heavy atom. The van der Waals surface area contributed by atoms with E-state index in [0.717, 1.165) is 24.9 Å². The molecular weight excluding hydrogens is 418 g/mol. The normalized spacial score (nSPS) is 17.5. The lowest BCUT2D eigenvalue weighted by molar-refractivity contribution is -0.00836. The van der Waals surface area contributed by atoms with Crippen molar-refractivity contribution in [3.8, 4) is 0 Å². The molecule has 1 heterocycles. The van der Waals surface area contributed by atoms with Crippen LogP contribution in [-0.2, 0) is 0 Å². The number of anilines is 2. The molecule has 0 atom stereocenters. The summed E-state index contributed by atoms with van der Waals surface area (Å²) in [5.74, 6) is -0.310. The second kappa shape index (κ2) is 9.77. The van der Waals surface area contributed by atoms with Gasteiger partial charge >= 0.3 is 6.09 Å². The number of benzene rings is 2. The summed E-state index contributed by atoms with van der Waals surface area (Å²) in [7, 11) is 0. The molecule has 1 saturated heterocycles. The minimum Gasteiger partial charge on any atom is -0.465 e. The highest BCUT2D eigenvalue weighted by Crippen LogP contribution is 2.33. The Hall–Kier alpha value is -3.16. The molecule has 7 nitrogen and oxygen atoms in total. The van der Waals surface area contributed by atoms with Crippen molar-refractivity contribution < 1.29 is 19.8 Å². The molecule has 4 N–H and O–H groups in total. The maximum Gasteiger partial charge on any atom is 0.409 e.